The summed E-state index contributed by atoms with van der Waals surface area (Å²) in [7, 11) is -3.98. The van der Waals surface area contributed by atoms with Crippen molar-refractivity contribution in [1.82, 2.24) is 0 Å². The van der Waals surface area contributed by atoms with Crippen LogP contribution < -0.4 is 0 Å². The molecule has 118 valence electrons. The van der Waals surface area contributed by atoms with Crippen molar-refractivity contribution in [2.75, 3.05) is 12.9 Å². The number of aliphatic hydroxyl groups is 2. The quantitative estimate of drug-likeness (QED) is 0.823. The van der Waals surface area contributed by atoms with E-state index in [1.807, 2.05) is 0 Å². The predicted molar refractivity (Wildman–Crippen MR) is 64.1 cm³/mol. The van der Waals surface area contributed by atoms with Crippen molar-refractivity contribution in [3.63, 3.8) is 0 Å². The molecule has 0 aromatic heterocycles. The molecule has 0 spiro atoms. The summed E-state index contributed by atoms with van der Waals surface area (Å²) in [5, 5.41) is 18.3. The van der Waals surface area contributed by atoms with Crippen molar-refractivity contribution < 1.29 is 36.2 Å². The lowest BCUT2D eigenvalue weighted by Crippen LogP contribution is -2.23. The van der Waals surface area contributed by atoms with Crippen molar-refractivity contribution in [2.24, 2.45) is 0 Å². The Kier molecular flexibility index (Phi) is 3.59. The lowest BCUT2D eigenvalue weighted by Gasteiger charge is -2.19. The minimum atomic E-state index is -3.98. The summed E-state index contributed by atoms with van der Waals surface area (Å²) in [6, 6.07) is 1.44. The molecule has 0 unspecified atom stereocenters. The predicted octanol–water partition coefficient (Wildman–Crippen LogP) is 1.40. The first kappa shape index (κ1) is 16.2. The second-order valence-corrected chi connectivity index (χ2v) is 6.96. The fourth-order valence-electron chi connectivity index (χ4n) is 2.43. The fourth-order valence-corrected chi connectivity index (χ4v) is 3.38. The van der Waals surface area contributed by atoms with Gasteiger partial charge in [-0.3, -0.25) is 0 Å². The molecule has 2 N–H and O–H groups in total. The van der Waals surface area contributed by atoms with Crippen LogP contribution in [0.3, 0.4) is 0 Å². The summed E-state index contributed by atoms with van der Waals surface area (Å²) in [6.45, 7) is -1.61. The molecule has 4 nitrogen and oxygen atoms in total. The van der Waals surface area contributed by atoms with Gasteiger partial charge in [-0.1, -0.05) is 6.07 Å². The summed E-state index contributed by atoms with van der Waals surface area (Å²) in [6.07, 6.45) is -2.96. The van der Waals surface area contributed by atoms with Crippen molar-refractivity contribution in [3.8, 4) is 0 Å². The Morgan fingerprint density at radius 3 is 2.43 bits per heavy atom. The van der Waals surface area contributed by atoms with Gasteiger partial charge in [-0.15, -0.1) is 0 Å². The summed E-state index contributed by atoms with van der Waals surface area (Å²) in [5.74, 6) is -7.55. The van der Waals surface area contributed by atoms with Gasteiger partial charge in [-0.05, 0) is 11.6 Å². The molecule has 1 atom stereocenters. The number of hydrogen-bond acceptors (Lipinski definition) is 4. The van der Waals surface area contributed by atoms with Gasteiger partial charge < -0.3 is 10.2 Å². The van der Waals surface area contributed by atoms with Crippen LogP contribution in [-0.2, 0) is 22.2 Å². The van der Waals surface area contributed by atoms with Gasteiger partial charge in [-0.2, -0.15) is 8.78 Å². The molecule has 1 aromatic rings. The monoisotopic (exact) mass is 328 g/mol. The third-order valence-electron chi connectivity index (χ3n) is 3.40. The molecule has 0 amide bonds. The molecule has 0 saturated heterocycles. The van der Waals surface area contributed by atoms with Crippen LogP contribution in [0.5, 0.6) is 0 Å². The van der Waals surface area contributed by atoms with Crippen LogP contribution >= 0.6 is 0 Å². The van der Waals surface area contributed by atoms with E-state index in [0.717, 1.165) is 12.3 Å². The average Bonchev–Trinajstić information content (AvgIpc) is 2.58. The Bertz CT molecular complexity index is 685. The summed E-state index contributed by atoms with van der Waals surface area (Å²) in [4.78, 5) is -0.611. The Hall–Kier alpha value is -1.19. The second kappa shape index (κ2) is 4.65. The highest BCUT2D eigenvalue weighted by Crippen LogP contribution is 2.49. The number of aliphatic hydroxyl groups excluding tert-OH is 2. The molecule has 0 aliphatic heterocycles. The molecule has 21 heavy (non-hydrogen) atoms. The molecule has 9 heteroatoms. The molecular weight excluding hydrogens is 316 g/mol. The summed E-state index contributed by atoms with van der Waals surface area (Å²) < 4.78 is 77.7. The van der Waals surface area contributed by atoms with Gasteiger partial charge in [0.25, 0.3) is 11.8 Å². The summed E-state index contributed by atoms with van der Waals surface area (Å²) >= 11 is 0. The molecular formula is C12H12F4O4S. The maximum atomic E-state index is 13.6. The summed E-state index contributed by atoms with van der Waals surface area (Å²) in [5.41, 5.74) is -2.24. The topological polar surface area (TPSA) is 74.6 Å². The Balaban J connectivity index is 2.81. The van der Waals surface area contributed by atoms with Gasteiger partial charge in [0.15, 0.2) is 9.84 Å². The molecule has 0 saturated carbocycles. The number of rotatable bonds is 3. The Morgan fingerprint density at radius 2 is 1.95 bits per heavy atom. The molecule has 0 heterocycles. The van der Waals surface area contributed by atoms with Crippen molar-refractivity contribution in [1.29, 1.82) is 0 Å². The number of alkyl halides is 4. The van der Waals surface area contributed by atoms with E-state index in [2.05, 4.69) is 0 Å². The zero-order valence-electron chi connectivity index (χ0n) is 10.8. The van der Waals surface area contributed by atoms with Crippen molar-refractivity contribution >= 4 is 9.84 Å². The van der Waals surface area contributed by atoms with Gasteiger partial charge in [0.2, 0.25) is 0 Å². The van der Waals surface area contributed by atoms with Gasteiger partial charge in [-0.25, -0.2) is 17.2 Å². The van der Waals surface area contributed by atoms with Crippen LogP contribution in [0.25, 0.3) is 0 Å². The SMILES string of the molecule is CS(=O)(=O)c1ccc(C(F)(F)CO)c2c1[C@H](O)C(F)(F)C2. The number of fused-ring (bicyclic) bond motifs is 1. The van der Waals surface area contributed by atoms with Crippen LogP contribution in [0.1, 0.15) is 22.8 Å². The second-order valence-electron chi connectivity index (χ2n) is 4.98. The lowest BCUT2D eigenvalue weighted by molar-refractivity contribution is -0.0980. The molecule has 1 aliphatic rings. The molecule has 1 aromatic carbocycles. The fraction of sp³-hybridized carbons (Fsp3) is 0.500. The normalized spacial score (nSPS) is 21.4. The van der Waals surface area contributed by atoms with Crippen LogP contribution in [0.15, 0.2) is 17.0 Å². The van der Waals surface area contributed by atoms with E-state index in [1.165, 1.54) is 0 Å². The third kappa shape index (κ3) is 2.53. The minimum Gasteiger partial charge on any atom is -0.390 e. The van der Waals surface area contributed by atoms with Gasteiger partial charge in [0.05, 0.1) is 4.90 Å². The minimum absolute atomic E-state index is 0.611. The van der Waals surface area contributed by atoms with E-state index in [4.69, 9.17) is 5.11 Å². The third-order valence-corrected chi connectivity index (χ3v) is 4.55. The molecule has 2 rings (SSSR count). The molecule has 0 radical (unpaired) electrons. The number of halogens is 4. The highest BCUT2D eigenvalue weighted by Gasteiger charge is 2.52. The molecule has 1 aliphatic carbocycles. The van der Waals surface area contributed by atoms with Crippen LogP contribution in [0.2, 0.25) is 0 Å². The van der Waals surface area contributed by atoms with Gasteiger partial charge in [0, 0.05) is 23.8 Å². The molecule has 0 fully saturated rings. The maximum Gasteiger partial charge on any atom is 0.296 e. The van der Waals surface area contributed by atoms with E-state index in [9.17, 15) is 31.1 Å². The number of sulfone groups is 1. The Labute approximate surface area is 117 Å². The van der Waals surface area contributed by atoms with Gasteiger partial charge in [0.1, 0.15) is 12.7 Å². The van der Waals surface area contributed by atoms with E-state index < -0.39 is 62.4 Å². The zero-order chi connectivity index (χ0) is 16.2. The van der Waals surface area contributed by atoms with E-state index in [1.54, 1.807) is 0 Å². The van der Waals surface area contributed by atoms with E-state index in [-0.39, 0.29) is 0 Å². The highest BCUT2D eigenvalue weighted by molar-refractivity contribution is 7.90. The first-order valence-corrected chi connectivity index (χ1v) is 7.72. The largest absolute Gasteiger partial charge is 0.390 e. The average molecular weight is 328 g/mol. The standard InChI is InChI=1S/C12H12F4O4S/c1-21(19,20)8-3-2-7(12(15,16)5-17)6-4-11(13,14)10(18)9(6)8/h2-3,10,17-18H,4-5H2,1H3/t10-/m0/s1. The first-order valence-electron chi connectivity index (χ1n) is 5.82. The van der Waals surface area contributed by atoms with E-state index in [0.29, 0.717) is 6.07 Å². The Morgan fingerprint density at radius 1 is 1.38 bits per heavy atom. The maximum absolute atomic E-state index is 13.6. The molecule has 0 bridgehead atoms. The van der Waals surface area contributed by atoms with Gasteiger partial charge >= 0.3 is 0 Å². The highest BCUT2D eigenvalue weighted by atomic mass is 32.2. The number of benzene rings is 1. The van der Waals surface area contributed by atoms with Crippen LogP contribution in [-0.4, -0.2) is 37.4 Å². The van der Waals surface area contributed by atoms with Crippen molar-refractivity contribution in [2.45, 2.75) is 29.3 Å². The van der Waals surface area contributed by atoms with E-state index >= 15 is 0 Å². The van der Waals surface area contributed by atoms with Crippen molar-refractivity contribution in [3.05, 3.63) is 28.8 Å². The first-order chi connectivity index (χ1) is 9.42. The lowest BCUT2D eigenvalue weighted by atomic mass is 9.98. The van der Waals surface area contributed by atoms with Crippen LogP contribution in [0, 0.1) is 0 Å². The number of hydrogen-bond donors (Lipinski definition) is 2. The zero-order valence-corrected chi connectivity index (χ0v) is 11.6. The smallest absolute Gasteiger partial charge is 0.296 e. The van der Waals surface area contributed by atoms with Crippen LogP contribution in [0.4, 0.5) is 17.6 Å².